The van der Waals surface area contributed by atoms with Gasteiger partial charge in [0, 0.05) is 25.7 Å². The molecule has 4 heteroatoms. The first-order valence-corrected chi connectivity index (χ1v) is 5.95. The SMILES string of the molecule is CC(C(=O)N(C)C)N(C)Cc1ccc(Cl)cc1. The highest BCUT2D eigenvalue weighted by Crippen LogP contribution is 2.12. The minimum Gasteiger partial charge on any atom is -0.347 e. The monoisotopic (exact) mass is 254 g/mol. The molecule has 1 aromatic rings. The summed E-state index contributed by atoms with van der Waals surface area (Å²) in [6, 6.07) is 7.56. The van der Waals surface area contributed by atoms with Gasteiger partial charge in [-0.2, -0.15) is 0 Å². The summed E-state index contributed by atoms with van der Waals surface area (Å²) in [6.45, 7) is 2.65. The Balaban J connectivity index is 2.62. The minimum absolute atomic E-state index is 0.112. The second-order valence-electron chi connectivity index (χ2n) is 4.45. The molecule has 1 atom stereocenters. The summed E-state index contributed by atoms with van der Waals surface area (Å²) >= 11 is 5.83. The fourth-order valence-electron chi connectivity index (χ4n) is 1.58. The van der Waals surface area contributed by atoms with Gasteiger partial charge >= 0.3 is 0 Å². The highest BCUT2D eigenvalue weighted by atomic mass is 35.5. The van der Waals surface area contributed by atoms with Crippen molar-refractivity contribution in [2.24, 2.45) is 0 Å². The lowest BCUT2D eigenvalue weighted by Gasteiger charge is -2.26. The lowest BCUT2D eigenvalue weighted by atomic mass is 10.2. The first-order chi connectivity index (χ1) is 7.91. The predicted molar refractivity (Wildman–Crippen MR) is 71.1 cm³/mol. The molecule has 1 amide bonds. The van der Waals surface area contributed by atoms with Crippen LogP contribution in [0.1, 0.15) is 12.5 Å². The summed E-state index contributed by atoms with van der Waals surface area (Å²) in [6.07, 6.45) is 0. The van der Waals surface area contributed by atoms with Crippen molar-refractivity contribution in [1.29, 1.82) is 0 Å². The Labute approximate surface area is 108 Å². The minimum atomic E-state index is -0.124. The molecule has 1 aromatic carbocycles. The topological polar surface area (TPSA) is 23.6 Å². The molecular formula is C13H19ClN2O. The zero-order chi connectivity index (χ0) is 13.0. The van der Waals surface area contributed by atoms with Crippen molar-refractivity contribution in [2.75, 3.05) is 21.1 Å². The number of amides is 1. The van der Waals surface area contributed by atoms with Gasteiger partial charge in [-0.05, 0) is 31.7 Å². The van der Waals surface area contributed by atoms with Crippen molar-refractivity contribution in [3.8, 4) is 0 Å². The van der Waals surface area contributed by atoms with E-state index in [9.17, 15) is 4.79 Å². The first-order valence-electron chi connectivity index (χ1n) is 5.57. The van der Waals surface area contributed by atoms with E-state index < -0.39 is 0 Å². The van der Waals surface area contributed by atoms with E-state index in [0.29, 0.717) is 0 Å². The zero-order valence-corrected chi connectivity index (χ0v) is 11.5. The van der Waals surface area contributed by atoms with Crippen molar-refractivity contribution in [3.63, 3.8) is 0 Å². The summed E-state index contributed by atoms with van der Waals surface area (Å²) in [7, 11) is 5.49. The van der Waals surface area contributed by atoms with Crippen LogP contribution in [0.5, 0.6) is 0 Å². The summed E-state index contributed by atoms with van der Waals surface area (Å²) in [5.41, 5.74) is 1.15. The van der Waals surface area contributed by atoms with Gasteiger partial charge in [-0.3, -0.25) is 9.69 Å². The maximum atomic E-state index is 11.8. The van der Waals surface area contributed by atoms with Crippen LogP contribution in [0.15, 0.2) is 24.3 Å². The highest BCUT2D eigenvalue weighted by Gasteiger charge is 2.19. The van der Waals surface area contributed by atoms with Gasteiger partial charge in [-0.15, -0.1) is 0 Å². The van der Waals surface area contributed by atoms with Gasteiger partial charge in [0.1, 0.15) is 0 Å². The average Bonchev–Trinajstić information content (AvgIpc) is 2.30. The molecule has 94 valence electrons. The van der Waals surface area contributed by atoms with Crippen LogP contribution in [0.3, 0.4) is 0 Å². The quantitative estimate of drug-likeness (QED) is 0.823. The molecule has 0 aliphatic rings. The number of likely N-dealkylation sites (N-methyl/N-ethyl adjacent to an activating group) is 2. The summed E-state index contributed by atoms with van der Waals surface area (Å²) in [4.78, 5) is 15.4. The fourth-order valence-corrected chi connectivity index (χ4v) is 1.70. The van der Waals surface area contributed by atoms with Gasteiger partial charge in [-0.1, -0.05) is 23.7 Å². The Morgan fingerprint density at radius 3 is 2.24 bits per heavy atom. The maximum Gasteiger partial charge on any atom is 0.239 e. The maximum absolute atomic E-state index is 11.8. The number of carbonyl (C=O) groups excluding carboxylic acids is 1. The lowest BCUT2D eigenvalue weighted by Crippen LogP contribution is -2.42. The Kier molecular flexibility index (Phi) is 4.97. The second kappa shape index (κ2) is 6.03. The summed E-state index contributed by atoms with van der Waals surface area (Å²) in [5.74, 6) is 0.112. The lowest BCUT2D eigenvalue weighted by molar-refractivity contribution is -0.133. The van der Waals surface area contributed by atoms with Crippen LogP contribution in [0.4, 0.5) is 0 Å². The standard InChI is InChI=1S/C13H19ClN2O/c1-10(13(17)15(2)3)16(4)9-11-5-7-12(14)8-6-11/h5-8,10H,9H2,1-4H3. The number of hydrogen-bond acceptors (Lipinski definition) is 2. The molecule has 0 aromatic heterocycles. The van der Waals surface area contributed by atoms with Crippen LogP contribution < -0.4 is 0 Å². The van der Waals surface area contributed by atoms with Crippen molar-refractivity contribution in [3.05, 3.63) is 34.9 Å². The average molecular weight is 255 g/mol. The molecule has 17 heavy (non-hydrogen) atoms. The molecule has 0 heterocycles. The second-order valence-corrected chi connectivity index (χ2v) is 4.89. The molecule has 0 saturated carbocycles. The van der Waals surface area contributed by atoms with Gasteiger partial charge in [0.25, 0.3) is 0 Å². The third-order valence-electron chi connectivity index (χ3n) is 2.80. The van der Waals surface area contributed by atoms with Crippen molar-refractivity contribution in [2.45, 2.75) is 19.5 Å². The number of carbonyl (C=O) groups is 1. The van der Waals surface area contributed by atoms with Crippen LogP contribution in [-0.2, 0) is 11.3 Å². The van der Waals surface area contributed by atoms with Crippen LogP contribution in [0.2, 0.25) is 5.02 Å². The van der Waals surface area contributed by atoms with Crippen LogP contribution in [0.25, 0.3) is 0 Å². The zero-order valence-electron chi connectivity index (χ0n) is 10.8. The highest BCUT2D eigenvalue weighted by molar-refractivity contribution is 6.30. The molecule has 1 unspecified atom stereocenters. The first kappa shape index (κ1) is 14.0. The largest absolute Gasteiger partial charge is 0.347 e. The molecule has 0 saturated heterocycles. The van der Waals surface area contributed by atoms with Crippen LogP contribution in [0, 0.1) is 0 Å². The molecular weight excluding hydrogens is 236 g/mol. The molecule has 0 fully saturated rings. The van der Waals surface area contributed by atoms with E-state index in [4.69, 9.17) is 11.6 Å². The van der Waals surface area contributed by atoms with Crippen LogP contribution in [-0.4, -0.2) is 42.9 Å². The third-order valence-corrected chi connectivity index (χ3v) is 3.06. The number of benzene rings is 1. The summed E-state index contributed by atoms with van der Waals surface area (Å²) < 4.78 is 0. The van der Waals surface area contributed by atoms with Gasteiger partial charge in [0.15, 0.2) is 0 Å². The normalized spacial score (nSPS) is 12.6. The number of rotatable bonds is 4. The van der Waals surface area contributed by atoms with Gasteiger partial charge < -0.3 is 4.90 Å². The Morgan fingerprint density at radius 1 is 1.24 bits per heavy atom. The number of halogens is 1. The number of nitrogens with zero attached hydrogens (tertiary/aromatic N) is 2. The van der Waals surface area contributed by atoms with E-state index in [2.05, 4.69) is 0 Å². The molecule has 0 aliphatic carbocycles. The molecule has 0 spiro atoms. The van der Waals surface area contributed by atoms with Gasteiger partial charge in [-0.25, -0.2) is 0 Å². The molecule has 3 nitrogen and oxygen atoms in total. The van der Waals surface area contributed by atoms with E-state index in [1.165, 1.54) is 0 Å². The molecule has 0 radical (unpaired) electrons. The van der Waals surface area contributed by atoms with Gasteiger partial charge in [0.2, 0.25) is 5.91 Å². The summed E-state index contributed by atoms with van der Waals surface area (Å²) in [5, 5.41) is 0.730. The smallest absolute Gasteiger partial charge is 0.239 e. The van der Waals surface area contributed by atoms with Crippen molar-refractivity contribution in [1.82, 2.24) is 9.80 Å². The van der Waals surface area contributed by atoms with Crippen LogP contribution >= 0.6 is 11.6 Å². The predicted octanol–water partition coefficient (Wildman–Crippen LogP) is 2.25. The molecule has 1 rings (SSSR count). The van der Waals surface area contributed by atoms with E-state index in [1.54, 1.807) is 19.0 Å². The van der Waals surface area contributed by atoms with E-state index in [-0.39, 0.29) is 11.9 Å². The van der Waals surface area contributed by atoms with E-state index in [0.717, 1.165) is 17.1 Å². The fraction of sp³-hybridized carbons (Fsp3) is 0.462. The van der Waals surface area contributed by atoms with Crippen molar-refractivity contribution >= 4 is 17.5 Å². The Morgan fingerprint density at radius 2 is 1.76 bits per heavy atom. The van der Waals surface area contributed by atoms with E-state index >= 15 is 0 Å². The molecule has 0 aliphatic heterocycles. The van der Waals surface area contributed by atoms with Crippen molar-refractivity contribution < 1.29 is 4.79 Å². The molecule has 0 N–H and O–H groups in total. The Bertz CT molecular complexity index is 376. The Hall–Kier alpha value is -1.06. The third kappa shape index (κ3) is 4.02. The number of hydrogen-bond donors (Lipinski definition) is 0. The van der Waals surface area contributed by atoms with Gasteiger partial charge in [0.05, 0.1) is 6.04 Å². The molecule has 0 bridgehead atoms. The van der Waals surface area contributed by atoms with E-state index in [1.807, 2.05) is 43.1 Å².